The van der Waals surface area contributed by atoms with E-state index < -0.39 is 35.3 Å². The molecule has 0 aromatic rings. The quantitative estimate of drug-likeness (QED) is 0.172. The number of rotatable bonds is 12. The van der Waals surface area contributed by atoms with E-state index in [-0.39, 0.29) is 47.7 Å². The van der Waals surface area contributed by atoms with Crippen LogP contribution in [0.1, 0.15) is 48.0 Å². The highest BCUT2D eigenvalue weighted by Crippen LogP contribution is 2.25. The van der Waals surface area contributed by atoms with Crippen molar-refractivity contribution in [1.29, 1.82) is 0 Å². The van der Waals surface area contributed by atoms with Crippen LogP contribution in [0.4, 0.5) is 0 Å². The minimum absolute atomic E-state index is 0.0812. The van der Waals surface area contributed by atoms with Crippen molar-refractivity contribution < 1.29 is 42.9 Å². The molecule has 0 radical (unpaired) electrons. The average Bonchev–Trinajstić information content (AvgIpc) is 2.77. The Hall–Kier alpha value is -3.75. The lowest BCUT2D eigenvalue weighted by Crippen LogP contribution is -2.39. The zero-order chi connectivity index (χ0) is 27.9. The summed E-state index contributed by atoms with van der Waals surface area (Å²) in [4.78, 5) is 56.2. The number of carbonyl (C=O) groups is 5. The van der Waals surface area contributed by atoms with E-state index in [1.165, 1.54) is 34.6 Å². The van der Waals surface area contributed by atoms with Gasteiger partial charge < -0.3 is 18.9 Å². The Balaban J connectivity index is 0. The van der Waals surface area contributed by atoms with E-state index in [4.69, 9.17) is 14.2 Å². The molecule has 194 valence electrons. The third-order valence-electron chi connectivity index (χ3n) is 4.21. The second-order valence-corrected chi connectivity index (χ2v) is 8.16. The Morgan fingerprint density at radius 3 is 0.914 bits per heavy atom. The van der Waals surface area contributed by atoms with Gasteiger partial charge in [-0.1, -0.05) is 39.8 Å². The molecule has 0 amide bonds. The molecular weight excluding hydrogens is 456 g/mol. The molecule has 0 spiro atoms. The highest BCUT2D eigenvalue weighted by Gasteiger charge is 2.34. The van der Waals surface area contributed by atoms with E-state index in [0.717, 1.165) is 0 Å². The van der Waals surface area contributed by atoms with E-state index in [9.17, 15) is 24.0 Å². The SMILES string of the molecule is C=C(C)C(=O)OC(=O)C(=C)C.C=C(C)C(=O)OCC(CC)(COC(=O)C(=C)C)COC(=O)C(=C)C. The molecule has 0 rings (SSSR count). The largest absolute Gasteiger partial charge is 0.461 e. The molecule has 9 nitrogen and oxygen atoms in total. The summed E-state index contributed by atoms with van der Waals surface area (Å²) in [5.41, 5.74) is 0.272. The van der Waals surface area contributed by atoms with Crippen molar-refractivity contribution in [3.63, 3.8) is 0 Å². The lowest BCUT2D eigenvalue weighted by atomic mass is 9.88. The number of ether oxygens (including phenoxy) is 4. The number of hydrogen-bond donors (Lipinski definition) is 0. The van der Waals surface area contributed by atoms with E-state index in [1.807, 2.05) is 6.92 Å². The molecule has 0 atom stereocenters. The maximum absolute atomic E-state index is 11.6. The topological polar surface area (TPSA) is 122 Å². The van der Waals surface area contributed by atoms with E-state index in [0.29, 0.717) is 6.42 Å². The van der Waals surface area contributed by atoms with Crippen LogP contribution >= 0.6 is 0 Å². The molecule has 0 aromatic carbocycles. The van der Waals surface area contributed by atoms with Gasteiger partial charge in [0, 0.05) is 27.9 Å². The summed E-state index contributed by atoms with van der Waals surface area (Å²) in [5, 5.41) is 0. The Morgan fingerprint density at radius 1 is 0.514 bits per heavy atom. The van der Waals surface area contributed by atoms with E-state index >= 15 is 0 Å². The van der Waals surface area contributed by atoms with Crippen molar-refractivity contribution >= 4 is 29.8 Å². The summed E-state index contributed by atoms with van der Waals surface area (Å²) in [6.07, 6.45) is 0.448. The van der Waals surface area contributed by atoms with Gasteiger partial charge in [-0.3, -0.25) is 0 Å². The van der Waals surface area contributed by atoms with Crippen LogP contribution < -0.4 is 0 Å². The predicted molar refractivity (Wildman–Crippen MR) is 131 cm³/mol. The number of esters is 5. The highest BCUT2D eigenvalue weighted by molar-refractivity contribution is 6.00. The summed E-state index contributed by atoms with van der Waals surface area (Å²) in [6.45, 7) is 26.2. The van der Waals surface area contributed by atoms with Crippen molar-refractivity contribution in [1.82, 2.24) is 0 Å². The van der Waals surface area contributed by atoms with Gasteiger partial charge in [-0.2, -0.15) is 0 Å². The molecule has 0 aromatic heterocycles. The van der Waals surface area contributed by atoms with Crippen molar-refractivity contribution in [3.8, 4) is 0 Å². The predicted octanol–water partition coefficient (Wildman–Crippen LogP) is 3.95. The molecule has 0 bridgehead atoms. The van der Waals surface area contributed by atoms with Gasteiger partial charge in [0.25, 0.3) is 0 Å². The zero-order valence-electron chi connectivity index (χ0n) is 21.5. The first-order valence-electron chi connectivity index (χ1n) is 10.5. The fourth-order valence-corrected chi connectivity index (χ4v) is 1.72. The minimum atomic E-state index is -0.860. The van der Waals surface area contributed by atoms with Gasteiger partial charge in [0.1, 0.15) is 19.8 Å². The summed E-state index contributed by atoms with van der Waals surface area (Å²) in [6, 6.07) is 0. The normalized spacial score (nSPS) is 9.89. The van der Waals surface area contributed by atoms with Crippen molar-refractivity contribution in [2.45, 2.75) is 48.0 Å². The van der Waals surface area contributed by atoms with Crippen LogP contribution in [0.15, 0.2) is 60.8 Å². The Bertz CT molecular complexity index is 808. The van der Waals surface area contributed by atoms with Gasteiger partial charge in [0.2, 0.25) is 0 Å². The van der Waals surface area contributed by atoms with Gasteiger partial charge >= 0.3 is 29.8 Å². The third kappa shape index (κ3) is 14.2. The lowest BCUT2D eigenvalue weighted by molar-refractivity contribution is -0.158. The van der Waals surface area contributed by atoms with Crippen LogP contribution in [0, 0.1) is 5.41 Å². The molecule has 0 aliphatic heterocycles. The van der Waals surface area contributed by atoms with E-state index in [2.05, 4.69) is 37.6 Å². The molecule has 0 aliphatic carbocycles. The standard InChI is InChI=1S/C18H26O6.C8H10O3/c1-8-18(9-22-15(19)12(2)3,10-23-16(20)13(4)5)11-24-17(21)14(6)7;1-5(2)7(9)11-8(10)6(3)4/h2,4,6,8-11H2,1,3,5,7H3;1,3H2,2,4H3. The number of hydrogen-bond acceptors (Lipinski definition) is 9. The summed E-state index contributed by atoms with van der Waals surface area (Å²) in [5.74, 6) is -3.11. The maximum Gasteiger partial charge on any atom is 0.340 e. The molecule has 0 saturated heterocycles. The van der Waals surface area contributed by atoms with Gasteiger partial charge in [0.15, 0.2) is 0 Å². The average molecular weight is 493 g/mol. The van der Waals surface area contributed by atoms with Gasteiger partial charge in [-0.05, 0) is 41.0 Å². The maximum atomic E-state index is 11.6. The van der Waals surface area contributed by atoms with Gasteiger partial charge in [0.05, 0.1) is 5.41 Å². The first-order chi connectivity index (χ1) is 16.0. The second kappa shape index (κ2) is 16.0. The van der Waals surface area contributed by atoms with Crippen LogP contribution in [-0.4, -0.2) is 49.7 Å². The third-order valence-corrected chi connectivity index (χ3v) is 4.21. The Morgan fingerprint density at radius 2 is 0.743 bits per heavy atom. The summed E-state index contributed by atoms with van der Waals surface area (Å²) < 4.78 is 19.8. The Labute approximate surface area is 207 Å². The van der Waals surface area contributed by atoms with Crippen LogP contribution in [0.3, 0.4) is 0 Å². The molecule has 35 heavy (non-hydrogen) atoms. The van der Waals surface area contributed by atoms with Crippen LogP contribution in [0.5, 0.6) is 0 Å². The Kier molecular flexibility index (Phi) is 15.3. The summed E-state index contributed by atoms with van der Waals surface area (Å²) >= 11 is 0. The molecule has 0 unspecified atom stereocenters. The molecule has 0 fully saturated rings. The van der Waals surface area contributed by atoms with Gasteiger partial charge in [-0.25, -0.2) is 24.0 Å². The smallest absolute Gasteiger partial charge is 0.340 e. The molecule has 0 saturated carbocycles. The van der Waals surface area contributed by atoms with Crippen LogP contribution in [0.25, 0.3) is 0 Å². The van der Waals surface area contributed by atoms with Crippen molar-refractivity contribution in [2.75, 3.05) is 19.8 Å². The molecule has 9 heteroatoms. The highest BCUT2D eigenvalue weighted by atomic mass is 16.6. The van der Waals surface area contributed by atoms with Crippen LogP contribution in [0.2, 0.25) is 0 Å². The fourth-order valence-electron chi connectivity index (χ4n) is 1.72. The summed E-state index contributed by atoms with van der Waals surface area (Å²) in [7, 11) is 0. The second-order valence-electron chi connectivity index (χ2n) is 8.16. The first-order valence-corrected chi connectivity index (χ1v) is 10.5. The lowest BCUT2D eigenvalue weighted by Gasteiger charge is -2.31. The zero-order valence-corrected chi connectivity index (χ0v) is 21.5. The molecule has 0 aliphatic rings. The van der Waals surface area contributed by atoms with Crippen LogP contribution in [-0.2, 0) is 42.9 Å². The molecular formula is C26H36O9. The van der Waals surface area contributed by atoms with Crippen molar-refractivity contribution in [3.05, 3.63) is 60.8 Å². The fraction of sp³-hybridized carbons (Fsp3) is 0.423. The monoisotopic (exact) mass is 492 g/mol. The van der Waals surface area contributed by atoms with E-state index in [1.54, 1.807) is 0 Å². The molecule has 0 N–H and O–H groups in total. The minimum Gasteiger partial charge on any atom is -0.461 e. The first kappa shape index (κ1) is 33.4. The van der Waals surface area contributed by atoms with Crippen molar-refractivity contribution in [2.24, 2.45) is 5.41 Å². The number of carbonyl (C=O) groups excluding carboxylic acids is 5. The van der Waals surface area contributed by atoms with Gasteiger partial charge in [-0.15, -0.1) is 0 Å². The molecule has 0 heterocycles.